The molecule has 0 aromatic carbocycles. The van der Waals surface area contributed by atoms with Gasteiger partial charge in [-0.3, -0.25) is 0 Å². The van der Waals surface area contributed by atoms with Gasteiger partial charge in [0.25, 0.3) is 0 Å². The summed E-state index contributed by atoms with van der Waals surface area (Å²) in [7, 11) is 0. The van der Waals surface area contributed by atoms with Crippen molar-refractivity contribution in [1.29, 1.82) is 0 Å². The van der Waals surface area contributed by atoms with Gasteiger partial charge in [-0.05, 0) is 38.7 Å². The molecule has 0 aliphatic heterocycles. The zero-order chi connectivity index (χ0) is 8.32. The first-order valence-electron chi connectivity index (χ1n) is 4.17. The third-order valence-electron chi connectivity index (χ3n) is 2.44. The zero-order valence-corrected chi connectivity index (χ0v) is 8.04. The summed E-state index contributed by atoms with van der Waals surface area (Å²) in [4.78, 5) is 0. The predicted octanol–water partition coefficient (Wildman–Crippen LogP) is 2.66. The lowest BCUT2D eigenvalue weighted by Gasteiger charge is -2.39. The van der Waals surface area contributed by atoms with Crippen LogP contribution < -0.4 is 5.32 Å². The summed E-state index contributed by atoms with van der Waals surface area (Å²) >= 11 is 5.54. The van der Waals surface area contributed by atoms with Crippen LogP contribution in [0.3, 0.4) is 0 Å². The topological polar surface area (TPSA) is 12.0 Å². The van der Waals surface area contributed by atoms with Crippen molar-refractivity contribution < 1.29 is 0 Å². The lowest BCUT2D eigenvalue weighted by molar-refractivity contribution is 0.215. The second-order valence-corrected chi connectivity index (χ2v) is 3.94. The molecule has 0 spiro atoms. The van der Waals surface area contributed by atoms with Crippen molar-refractivity contribution in [3.8, 4) is 0 Å². The van der Waals surface area contributed by atoms with Gasteiger partial charge in [0.15, 0.2) is 0 Å². The second-order valence-electron chi connectivity index (χ2n) is 3.72. The number of hydrogen-bond donors (Lipinski definition) is 1. The van der Waals surface area contributed by atoms with Gasteiger partial charge in [-0.15, -0.1) is 0 Å². The summed E-state index contributed by atoms with van der Waals surface area (Å²) in [5.41, 5.74) is 3.26. The number of hydrogen-bond acceptors (Lipinski definition) is 1. The molecule has 0 bridgehead atoms. The van der Waals surface area contributed by atoms with E-state index in [1.807, 2.05) is 6.92 Å². The molecule has 0 heterocycles. The first-order chi connectivity index (χ1) is 5.16. The maximum atomic E-state index is 5.54. The maximum Gasteiger partial charge on any atom is 0.0178 e. The van der Waals surface area contributed by atoms with Crippen LogP contribution in [-0.4, -0.2) is 12.1 Å². The van der Waals surface area contributed by atoms with Crippen LogP contribution in [0.15, 0.2) is 11.1 Å². The Bertz CT molecular complexity index is 159. The quantitative estimate of drug-likeness (QED) is 0.692. The highest BCUT2D eigenvalue weighted by Crippen LogP contribution is 2.30. The minimum Gasteiger partial charge on any atom is -0.308 e. The predicted molar refractivity (Wildman–Crippen MR) is 49.9 cm³/mol. The lowest BCUT2D eigenvalue weighted by atomic mass is 9.78. The molecule has 1 fully saturated rings. The van der Waals surface area contributed by atoms with E-state index in [-0.39, 0.29) is 0 Å². The number of rotatable bonds is 3. The smallest absolute Gasteiger partial charge is 0.0178 e. The molecule has 11 heavy (non-hydrogen) atoms. The molecule has 1 nitrogen and oxygen atoms in total. The molecule has 0 radical (unpaired) electrons. The van der Waals surface area contributed by atoms with Crippen LogP contribution >= 0.6 is 11.6 Å². The van der Waals surface area contributed by atoms with E-state index >= 15 is 0 Å². The summed E-state index contributed by atoms with van der Waals surface area (Å²) in [6.07, 6.45) is 3.98. The molecule has 1 N–H and O–H groups in total. The van der Waals surface area contributed by atoms with E-state index in [0.717, 1.165) is 6.54 Å². The van der Waals surface area contributed by atoms with E-state index in [1.165, 1.54) is 24.8 Å². The molecule has 1 rings (SSSR count). The molecule has 1 saturated carbocycles. The van der Waals surface area contributed by atoms with Crippen LogP contribution in [0.25, 0.3) is 0 Å². The SMILES string of the molecule is C/C(=C\Cl)CNC1(C)CCC1. The van der Waals surface area contributed by atoms with E-state index in [0.29, 0.717) is 5.54 Å². The molecular formula is C9H16ClN. The fourth-order valence-electron chi connectivity index (χ4n) is 1.28. The monoisotopic (exact) mass is 173 g/mol. The summed E-state index contributed by atoms with van der Waals surface area (Å²) < 4.78 is 0. The van der Waals surface area contributed by atoms with Crippen molar-refractivity contribution in [2.75, 3.05) is 6.54 Å². The average molecular weight is 174 g/mol. The molecule has 1 aliphatic carbocycles. The van der Waals surface area contributed by atoms with Crippen LogP contribution in [0.4, 0.5) is 0 Å². The van der Waals surface area contributed by atoms with Crippen molar-refractivity contribution in [3.63, 3.8) is 0 Å². The molecule has 0 unspecified atom stereocenters. The fraction of sp³-hybridized carbons (Fsp3) is 0.778. The van der Waals surface area contributed by atoms with Gasteiger partial charge < -0.3 is 5.32 Å². The van der Waals surface area contributed by atoms with Crippen LogP contribution in [0.5, 0.6) is 0 Å². The van der Waals surface area contributed by atoms with Crippen LogP contribution in [0, 0.1) is 0 Å². The Labute approximate surface area is 73.8 Å². The molecule has 0 aromatic heterocycles. The Hall–Kier alpha value is -0.0100. The third-order valence-corrected chi connectivity index (χ3v) is 2.81. The van der Waals surface area contributed by atoms with Crippen molar-refractivity contribution >= 4 is 11.6 Å². The molecule has 0 amide bonds. The van der Waals surface area contributed by atoms with E-state index in [4.69, 9.17) is 11.6 Å². The Kier molecular flexibility index (Phi) is 2.97. The highest BCUT2D eigenvalue weighted by Gasteiger charge is 2.30. The highest BCUT2D eigenvalue weighted by molar-refractivity contribution is 6.25. The molecule has 64 valence electrons. The first-order valence-corrected chi connectivity index (χ1v) is 4.61. The summed E-state index contributed by atoms with van der Waals surface area (Å²) in [6.45, 7) is 5.25. The van der Waals surface area contributed by atoms with Gasteiger partial charge in [0.1, 0.15) is 0 Å². The zero-order valence-electron chi connectivity index (χ0n) is 7.28. The van der Waals surface area contributed by atoms with Crippen LogP contribution in [0.2, 0.25) is 0 Å². The largest absolute Gasteiger partial charge is 0.308 e. The minimum atomic E-state index is 0.404. The fourth-order valence-corrected chi connectivity index (χ4v) is 1.35. The lowest BCUT2D eigenvalue weighted by Crippen LogP contribution is -2.48. The van der Waals surface area contributed by atoms with E-state index in [1.54, 1.807) is 5.54 Å². The summed E-state index contributed by atoms with van der Waals surface area (Å²) in [5, 5.41) is 3.49. The van der Waals surface area contributed by atoms with Crippen molar-refractivity contribution in [2.24, 2.45) is 0 Å². The van der Waals surface area contributed by atoms with E-state index in [9.17, 15) is 0 Å². The van der Waals surface area contributed by atoms with Gasteiger partial charge in [0.2, 0.25) is 0 Å². The van der Waals surface area contributed by atoms with Gasteiger partial charge in [0.05, 0.1) is 0 Å². The molecule has 0 saturated heterocycles. The summed E-state index contributed by atoms with van der Waals surface area (Å²) in [6, 6.07) is 0. The molecule has 0 atom stereocenters. The van der Waals surface area contributed by atoms with Gasteiger partial charge in [-0.2, -0.15) is 0 Å². The Morgan fingerprint density at radius 3 is 2.64 bits per heavy atom. The minimum absolute atomic E-state index is 0.404. The second kappa shape index (κ2) is 3.59. The third kappa shape index (κ3) is 2.49. The molecule has 2 heteroatoms. The molecule has 0 aromatic rings. The Morgan fingerprint density at radius 2 is 2.27 bits per heavy atom. The van der Waals surface area contributed by atoms with Gasteiger partial charge in [-0.25, -0.2) is 0 Å². The number of nitrogens with one attached hydrogen (secondary N) is 1. The highest BCUT2D eigenvalue weighted by atomic mass is 35.5. The van der Waals surface area contributed by atoms with Crippen molar-refractivity contribution in [1.82, 2.24) is 5.32 Å². The van der Waals surface area contributed by atoms with Gasteiger partial charge in [0, 0.05) is 17.6 Å². The first kappa shape index (κ1) is 9.08. The van der Waals surface area contributed by atoms with Crippen LogP contribution in [-0.2, 0) is 0 Å². The maximum absolute atomic E-state index is 5.54. The van der Waals surface area contributed by atoms with Gasteiger partial charge in [-0.1, -0.05) is 11.6 Å². The van der Waals surface area contributed by atoms with Crippen molar-refractivity contribution in [3.05, 3.63) is 11.1 Å². The molecule has 1 aliphatic rings. The van der Waals surface area contributed by atoms with Gasteiger partial charge >= 0.3 is 0 Å². The average Bonchev–Trinajstić information content (AvgIpc) is 1.96. The Balaban J connectivity index is 2.21. The van der Waals surface area contributed by atoms with E-state index in [2.05, 4.69) is 12.2 Å². The summed E-state index contributed by atoms with van der Waals surface area (Å²) in [5.74, 6) is 0. The van der Waals surface area contributed by atoms with Crippen LogP contribution in [0.1, 0.15) is 33.1 Å². The van der Waals surface area contributed by atoms with E-state index < -0.39 is 0 Å². The molecular weight excluding hydrogens is 158 g/mol. The normalized spacial score (nSPS) is 23.0. The van der Waals surface area contributed by atoms with Crippen molar-refractivity contribution in [2.45, 2.75) is 38.6 Å². The standard InChI is InChI=1S/C9H16ClN/c1-8(6-10)7-11-9(2)4-3-5-9/h6,11H,3-5,7H2,1-2H3/b8-6+. The Morgan fingerprint density at radius 1 is 1.64 bits per heavy atom. The number of halogens is 1.